The van der Waals surface area contributed by atoms with Crippen LogP contribution in [0.25, 0.3) is 11.0 Å². The summed E-state index contributed by atoms with van der Waals surface area (Å²) in [7, 11) is 0. The molecule has 5 nitrogen and oxygen atoms in total. The van der Waals surface area contributed by atoms with Crippen LogP contribution in [0, 0.1) is 5.82 Å². The number of anilines is 1. The lowest BCUT2D eigenvalue weighted by Gasteiger charge is -2.16. The van der Waals surface area contributed by atoms with Gasteiger partial charge in [-0.25, -0.2) is 9.37 Å². The van der Waals surface area contributed by atoms with Crippen LogP contribution in [0.2, 0.25) is 0 Å². The highest BCUT2D eigenvalue weighted by Crippen LogP contribution is 2.49. The SMILES string of the molecule is CC(O)c1nc2ccc(NC(=O)C3(c4ccccc4F)CC3)cc2[nH]1. The highest BCUT2D eigenvalue weighted by atomic mass is 19.1. The van der Waals surface area contributed by atoms with Gasteiger partial charge in [-0.2, -0.15) is 0 Å². The van der Waals surface area contributed by atoms with Gasteiger partial charge in [-0.15, -0.1) is 0 Å². The summed E-state index contributed by atoms with van der Waals surface area (Å²) in [5.74, 6) is -0.0727. The Bertz CT molecular complexity index is 960. The van der Waals surface area contributed by atoms with Crippen LogP contribution >= 0.6 is 0 Å². The van der Waals surface area contributed by atoms with Crippen LogP contribution in [0.15, 0.2) is 42.5 Å². The van der Waals surface area contributed by atoms with Crippen LogP contribution in [0.4, 0.5) is 10.1 Å². The second-order valence-corrected chi connectivity index (χ2v) is 6.55. The molecule has 1 aromatic heterocycles. The van der Waals surface area contributed by atoms with Gasteiger partial charge in [-0.1, -0.05) is 18.2 Å². The van der Waals surface area contributed by atoms with Crippen molar-refractivity contribution in [3.05, 3.63) is 59.7 Å². The molecule has 1 aliphatic rings. The van der Waals surface area contributed by atoms with Crippen LogP contribution in [-0.4, -0.2) is 21.0 Å². The minimum Gasteiger partial charge on any atom is -0.385 e. The van der Waals surface area contributed by atoms with Gasteiger partial charge in [-0.3, -0.25) is 4.79 Å². The first-order chi connectivity index (χ1) is 12.0. The van der Waals surface area contributed by atoms with Crippen LogP contribution < -0.4 is 5.32 Å². The lowest BCUT2D eigenvalue weighted by atomic mass is 9.94. The van der Waals surface area contributed by atoms with E-state index in [1.807, 2.05) is 0 Å². The third-order valence-electron chi connectivity index (χ3n) is 4.73. The molecule has 1 heterocycles. The normalized spacial score (nSPS) is 16.6. The van der Waals surface area contributed by atoms with Crippen molar-refractivity contribution in [2.24, 2.45) is 0 Å². The van der Waals surface area contributed by atoms with Crippen molar-refractivity contribution >= 4 is 22.6 Å². The molecule has 0 aliphatic heterocycles. The van der Waals surface area contributed by atoms with Crippen LogP contribution in [0.3, 0.4) is 0 Å². The topological polar surface area (TPSA) is 78.0 Å². The molecular formula is C19H18FN3O2. The highest BCUT2D eigenvalue weighted by Gasteiger charge is 2.52. The Labute approximate surface area is 143 Å². The van der Waals surface area contributed by atoms with Crippen molar-refractivity contribution in [3.63, 3.8) is 0 Å². The van der Waals surface area contributed by atoms with Crippen molar-refractivity contribution < 1.29 is 14.3 Å². The van der Waals surface area contributed by atoms with Crippen LogP contribution in [0.5, 0.6) is 0 Å². The predicted molar refractivity (Wildman–Crippen MR) is 92.7 cm³/mol. The molecule has 1 fully saturated rings. The number of rotatable bonds is 4. The lowest BCUT2D eigenvalue weighted by Crippen LogP contribution is -2.28. The van der Waals surface area contributed by atoms with E-state index in [0.29, 0.717) is 35.4 Å². The maximum Gasteiger partial charge on any atom is 0.235 e. The molecule has 3 aromatic rings. The standard InChI is InChI=1S/C19H18FN3O2/c1-11(24)17-22-15-7-6-12(10-16(15)23-17)21-18(25)19(8-9-19)13-4-2-3-5-14(13)20/h2-7,10-11,24H,8-9H2,1H3,(H,21,25)(H,22,23). The second-order valence-electron chi connectivity index (χ2n) is 6.55. The number of imidazole rings is 1. The van der Waals surface area contributed by atoms with E-state index in [-0.39, 0.29) is 11.7 Å². The Morgan fingerprint density at radius 2 is 2.08 bits per heavy atom. The summed E-state index contributed by atoms with van der Waals surface area (Å²) in [6.07, 6.45) is 0.581. The van der Waals surface area contributed by atoms with Crippen molar-refractivity contribution in [1.29, 1.82) is 0 Å². The lowest BCUT2D eigenvalue weighted by molar-refractivity contribution is -0.118. The number of aliphatic hydroxyl groups is 1. The largest absolute Gasteiger partial charge is 0.385 e. The fraction of sp³-hybridized carbons (Fsp3) is 0.263. The number of hydrogen-bond acceptors (Lipinski definition) is 3. The number of H-pyrrole nitrogens is 1. The molecule has 0 saturated heterocycles. The monoisotopic (exact) mass is 339 g/mol. The number of nitrogens with zero attached hydrogens (tertiary/aromatic N) is 1. The molecule has 1 atom stereocenters. The Morgan fingerprint density at radius 1 is 1.32 bits per heavy atom. The summed E-state index contributed by atoms with van der Waals surface area (Å²) in [6.45, 7) is 1.63. The van der Waals surface area contributed by atoms with Gasteiger partial charge in [0.05, 0.1) is 16.4 Å². The number of aromatic nitrogens is 2. The molecule has 1 unspecified atom stereocenters. The maximum atomic E-state index is 14.1. The molecule has 25 heavy (non-hydrogen) atoms. The molecule has 0 radical (unpaired) electrons. The number of fused-ring (bicyclic) bond motifs is 1. The molecule has 1 amide bonds. The number of carbonyl (C=O) groups excluding carboxylic acids is 1. The third kappa shape index (κ3) is 2.68. The molecular weight excluding hydrogens is 321 g/mol. The molecule has 6 heteroatoms. The number of aromatic amines is 1. The highest BCUT2D eigenvalue weighted by molar-refractivity contribution is 6.02. The Balaban J connectivity index is 1.61. The molecule has 3 N–H and O–H groups in total. The van der Waals surface area contributed by atoms with E-state index in [0.717, 1.165) is 5.52 Å². The first-order valence-electron chi connectivity index (χ1n) is 8.24. The van der Waals surface area contributed by atoms with E-state index in [1.165, 1.54) is 6.07 Å². The second kappa shape index (κ2) is 5.67. The Kier molecular flexibility index (Phi) is 3.58. The zero-order valence-electron chi connectivity index (χ0n) is 13.7. The van der Waals surface area contributed by atoms with Gasteiger partial charge in [0.15, 0.2) is 0 Å². The Hall–Kier alpha value is -2.73. The number of nitrogens with one attached hydrogen (secondary N) is 2. The van der Waals surface area contributed by atoms with E-state index in [9.17, 15) is 14.3 Å². The van der Waals surface area contributed by atoms with Gasteiger partial charge >= 0.3 is 0 Å². The molecule has 2 aromatic carbocycles. The molecule has 128 valence electrons. The molecule has 1 aliphatic carbocycles. The van der Waals surface area contributed by atoms with E-state index in [1.54, 1.807) is 43.3 Å². The van der Waals surface area contributed by atoms with Gasteiger partial charge in [0.1, 0.15) is 17.7 Å². The van der Waals surface area contributed by atoms with E-state index in [4.69, 9.17) is 0 Å². The van der Waals surface area contributed by atoms with Gasteiger partial charge in [0.25, 0.3) is 0 Å². The summed E-state index contributed by atoms with van der Waals surface area (Å²) in [6, 6.07) is 11.7. The average Bonchev–Trinajstić information content (AvgIpc) is 3.28. The summed E-state index contributed by atoms with van der Waals surface area (Å²) in [5.41, 5.74) is 1.72. The number of benzene rings is 2. The minimum absolute atomic E-state index is 0.202. The van der Waals surface area contributed by atoms with E-state index < -0.39 is 11.5 Å². The van der Waals surface area contributed by atoms with Gasteiger partial charge in [0, 0.05) is 11.3 Å². The smallest absolute Gasteiger partial charge is 0.235 e. The zero-order chi connectivity index (χ0) is 17.6. The fourth-order valence-electron chi connectivity index (χ4n) is 3.15. The first kappa shape index (κ1) is 15.8. The van der Waals surface area contributed by atoms with Crippen molar-refractivity contribution in [3.8, 4) is 0 Å². The summed E-state index contributed by atoms with van der Waals surface area (Å²) < 4.78 is 14.1. The third-order valence-corrected chi connectivity index (χ3v) is 4.73. The number of amides is 1. The van der Waals surface area contributed by atoms with E-state index >= 15 is 0 Å². The molecule has 1 saturated carbocycles. The first-order valence-corrected chi connectivity index (χ1v) is 8.24. The molecule has 4 rings (SSSR count). The van der Waals surface area contributed by atoms with Gasteiger partial charge in [-0.05, 0) is 44.0 Å². The van der Waals surface area contributed by atoms with Crippen molar-refractivity contribution in [2.45, 2.75) is 31.3 Å². The average molecular weight is 339 g/mol. The number of halogens is 1. The van der Waals surface area contributed by atoms with Crippen molar-refractivity contribution in [2.75, 3.05) is 5.32 Å². The molecule has 0 spiro atoms. The van der Waals surface area contributed by atoms with E-state index in [2.05, 4.69) is 15.3 Å². The molecule has 0 bridgehead atoms. The quantitative estimate of drug-likeness (QED) is 0.681. The maximum absolute atomic E-state index is 14.1. The number of aliphatic hydroxyl groups excluding tert-OH is 1. The number of hydrogen-bond donors (Lipinski definition) is 3. The fourth-order valence-corrected chi connectivity index (χ4v) is 3.15. The summed E-state index contributed by atoms with van der Waals surface area (Å²) in [5, 5.41) is 12.5. The van der Waals surface area contributed by atoms with Gasteiger partial charge in [0.2, 0.25) is 5.91 Å². The van der Waals surface area contributed by atoms with Gasteiger partial charge < -0.3 is 15.4 Å². The predicted octanol–water partition coefficient (Wildman–Crippen LogP) is 3.43. The zero-order valence-corrected chi connectivity index (χ0v) is 13.7. The minimum atomic E-state index is -0.779. The van der Waals surface area contributed by atoms with Crippen LogP contribution in [-0.2, 0) is 10.2 Å². The Morgan fingerprint density at radius 3 is 2.76 bits per heavy atom. The van der Waals surface area contributed by atoms with Crippen LogP contribution in [0.1, 0.15) is 37.3 Å². The van der Waals surface area contributed by atoms with Crippen molar-refractivity contribution in [1.82, 2.24) is 9.97 Å². The summed E-state index contributed by atoms with van der Waals surface area (Å²) in [4.78, 5) is 20.1. The summed E-state index contributed by atoms with van der Waals surface area (Å²) >= 11 is 0. The number of carbonyl (C=O) groups is 1.